The highest BCUT2D eigenvalue weighted by Crippen LogP contribution is 2.31. The molecule has 0 aromatic carbocycles. The van der Waals surface area contributed by atoms with Gasteiger partial charge in [0.15, 0.2) is 5.15 Å². The molecule has 1 aromatic heterocycles. The van der Waals surface area contributed by atoms with E-state index in [1.165, 1.54) is 12.8 Å². The van der Waals surface area contributed by atoms with Crippen LogP contribution < -0.4 is 0 Å². The highest BCUT2D eigenvalue weighted by atomic mass is 35.5. The summed E-state index contributed by atoms with van der Waals surface area (Å²) < 4.78 is 0. The van der Waals surface area contributed by atoms with Crippen molar-refractivity contribution < 1.29 is 0 Å². The van der Waals surface area contributed by atoms with Gasteiger partial charge in [0.2, 0.25) is 0 Å². The molecule has 1 aromatic rings. The number of piperidine rings is 1. The van der Waals surface area contributed by atoms with Crippen molar-refractivity contribution in [1.29, 1.82) is 0 Å². The van der Waals surface area contributed by atoms with E-state index in [9.17, 15) is 0 Å². The standard InChI is InChI=1S/C11H15Cl2N3/c1-2-16-6-4-3-5-10(16)9-7-8(12)11(13)15-14-9/h7,10H,2-6H2,1H3. The molecule has 1 aliphatic heterocycles. The van der Waals surface area contributed by atoms with E-state index in [-0.39, 0.29) is 5.15 Å². The number of likely N-dealkylation sites (tertiary alicyclic amines) is 1. The van der Waals surface area contributed by atoms with Gasteiger partial charge < -0.3 is 0 Å². The van der Waals surface area contributed by atoms with Crippen molar-refractivity contribution in [2.75, 3.05) is 13.1 Å². The Morgan fingerprint density at radius 3 is 2.88 bits per heavy atom. The molecule has 0 amide bonds. The van der Waals surface area contributed by atoms with Gasteiger partial charge >= 0.3 is 0 Å². The third-order valence-electron chi connectivity index (χ3n) is 3.09. The molecule has 1 atom stereocenters. The van der Waals surface area contributed by atoms with E-state index in [0.29, 0.717) is 11.1 Å². The molecule has 88 valence electrons. The number of rotatable bonds is 2. The minimum atomic E-state index is 0.282. The molecular formula is C11H15Cl2N3. The Kier molecular flexibility index (Phi) is 4.00. The molecule has 0 bridgehead atoms. The topological polar surface area (TPSA) is 29.0 Å². The van der Waals surface area contributed by atoms with E-state index in [2.05, 4.69) is 22.0 Å². The second-order valence-electron chi connectivity index (χ2n) is 4.05. The fraction of sp³-hybridized carbons (Fsp3) is 0.636. The monoisotopic (exact) mass is 259 g/mol. The van der Waals surface area contributed by atoms with E-state index < -0.39 is 0 Å². The lowest BCUT2D eigenvalue weighted by Crippen LogP contribution is -2.33. The first-order chi connectivity index (χ1) is 7.72. The van der Waals surface area contributed by atoms with Crippen LogP contribution in [0.4, 0.5) is 0 Å². The average Bonchev–Trinajstić information content (AvgIpc) is 2.32. The molecule has 5 heteroatoms. The van der Waals surface area contributed by atoms with Crippen LogP contribution in [0.25, 0.3) is 0 Å². The molecule has 1 fully saturated rings. The maximum atomic E-state index is 5.97. The Labute approximate surface area is 106 Å². The fourth-order valence-corrected chi connectivity index (χ4v) is 2.48. The van der Waals surface area contributed by atoms with Crippen molar-refractivity contribution in [3.05, 3.63) is 21.9 Å². The lowest BCUT2D eigenvalue weighted by molar-refractivity contribution is 0.153. The van der Waals surface area contributed by atoms with Crippen LogP contribution in [0.15, 0.2) is 6.07 Å². The van der Waals surface area contributed by atoms with Gasteiger partial charge in [-0.25, -0.2) is 0 Å². The first-order valence-electron chi connectivity index (χ1n) is 5.65. The van der Waals surface area contributed by atoms with E-state index in [4.69, 9.17) is 23.2 Å². The summed E-state index contributed by atoms with van der Waals surface area (Å²) in [5, 5.41) is 8.81. The summed E-state index contributed by atoms with van der Waals surface area (Å²) in [4.78, 5) is 2.41. The summed E-state index contributed by atoms with van der Waals surface area (Å²) >= 11 is 11.7. The van der Waals surface area contributed by atoms with Gasteiger partial charge in [0.05, 0.1) is 16.8 Å². The van der Waals surface area contributed by atoms with E-state index in [1.807, 2.05) is 6.07 Å². The molecule has 16 heavy (non-hydrogen) atoms. The predicted octanol–water partition coefficient (Wildman–Crippen LogP) is 3.33. The van der Waals surface area contributed by atoms with Gasteiger partial charge in [-0.1, -0.05) is 36.5 Å². The molecule has 0 saturated carbocycles. The maximum Gasteiger partial charge on any atom is 0.170 e. The molecule has 1 saturated heterocycles. The second-order valence-corrected chi connectivity index (χ2v) is 4.81. The van der Waals surface area contributed by atoms with Gasteiger partial charge in [-0.3, -0.25) is 4.90 Å². The largest absolute Gasteiger partial charge is 0.295 e. The van der Waals surface area contributed by atoms with Crippen molar-refractivity contribution in [2.24, 2.45) is 0 Å². The highest BCUT2D eigenvalue weighted by molar-refractivity contribution is 6.41. The fourth-order valence-electron chi connectivity index (χ4n) is 2.23. The molecule has 1 aliphatic rings. The summed E-state index contributed by atoms with van der Waals surface area (Å²) in [6.45, 7) is 4.33. The predicted molar refractivity (Wildman–Crippen MR) is 65.9 cm³/mol. The van der Waals surface area contributed by atoms with Gasteiger partial charge in [-0.05, 0) is 32.0 Å². The zero-order chi connectivity index (χ0) is 11.5. The quantitative estimate of drug-likeness (QED) is 0.816. The Morgan fingerprint density at radius 2 is 2.19 bits per heavy atom. The van der Waals surface area contributed by atoms with Gasteiger partial charge in [0, 0.05) is 0 Å². The van der Waals surface area contributed by atoms with Crippen molar-refractivity contribution >= 4 is 23.2 Å². The van der Waals surface area contributed by atoms with E-state index in [0.717, 1.165) is 25.2 Å². The Morgan fingerprint density at radius 1 is 1.38 bits per heavy atom. The third kappa shape index (κ3) is 2.47. The molecule has 2 heterocycles. The Hall–Kier alpha value is -0.380. The van der Waals surface area contributed by atoms with Gasteiger partial charge in [-0.2, -0.15) is 5.10 Å². The zero-order valence-electron chi connectivity index (χ0n) is 9.29. The number of hydrogen-bond acceptors (Lipinski definition) is 3. The number of aromatic nitrogens is 2. The zero-order valence-corrected chi connectivity index (χ0v) is 10.8. The molecular weight excluding hydrogens is 245 g/mol. The molecule has 0 spiro atoms. The summed E-state index contributed by atoms with van der Waals surface area (Å²) in [5.74, 6) is 0. The first kappa shape index (κ1) is 12.1. The number of halogens is 2. The van der Waals surface area contributed by atoms with Crippen LogP contribution in [0, 0.1) is 0 Å². The van der Waals surface area contributed by atoms with Crippen LogP contribution in [0.5, 0.6) is 0 Å². The number of nitrogens with zero attached hydrogens (tertiary/aromatic N) is 3. The minimum Gasteiger partial charge on any atom is -0.295 e. The van der Waals surface area contributed by atoms with Crippen LogP contribution in [0.1, 0.15) is 37.9 Å². The molecule has 1 unspecified atom stereocenters. The van der Waals surface area contributed by atoms with Crippen molar-refractivity contribution in [3.8, 4) is 0 Å². The molecule has 0 radical (unpaired) electrons. The molecule has 2 rings (SSSR count). The molecule has 0 N–H and O–H groups in total. The third-order valence-corrected chi connectivity index (χ3v) is 3.75. The molecule has 3 nitrogen and oxygen atoms in total. The van der Waals surface area contributed by atoms with Crippen LogP contribution in [0.3, 0.4) is 0 Å². The van der Waals surface area contributed by atoms with Crippen LogP contribution in [-0.4, -0.2) is 28.2 Å². The summed E-state index contributed by atoms with van der Waals surface area (Å²) in [6.07, 6.45) is 3.63. The first-order valence-corrected chi connectivity index (χ1v) is 6.40. The van der Waals surface area contributed by atoms with Crippen LogP contribution in [-0.2, 0) is 0 Å². The smallest absolute Gasteiger partial charge is 0.170 e. The van der Waals surface area contributed by atoms with Gasteiger partial charge in [0.1, 0.15) is 0 Å². The average molecular weight is 260 g/mol. The normalized spacial score (nSPS) is 22.3. The van der Waals surface area contributed by atoms with Crippen molar-refractivity contribution in [3.63, 3.8) is 0 Å². The summed E-state index contributed by atoms with van der Waals surface area (Å²) in [5.41, 5.74) is 0.941. The molecule has 0 aliphatic carbocycles. The van der Waals surface area contributed by atoms with E-state index in [1.54, 1.807) is 0 Å². The van der Waals surface area contributed by atoms with Gasteiger partial charge in [0.25, 0.3) is 0 Å². The second kappa shape index (κ2) is 5.30. The van der Waals surface area contributed by atoms with Gasteiger partial charge in [-0.15, -0.1) is 5.10 Å². The lowest BCUT2D eigenvalue weighted by atomic mass is 9.99. The maximum absolute atomic E-state index is 5.97. The summed E-state index contributed by atoms with van der Waals surface area (Å²) in [6, 6.07) is 2.19. The minimum absolute atomic E-state index is 0.282. The highest BCUT2D eigenvalue weighted by Gasteiger charge is 2.24. The SMILES string of the molecule is CCN1CCCCC1c1cc(Cl)c(Cl)nn1. The number of hydrogen-bond donors (Lipinski definition) is 0. The Balaban J connectivity index is 2.23. The Bertz CT molecular complexity index is 370. The summed E-state index contributed by atoms with van der Waals surface area (Å²) in [7, 11) is 0. The lowest BCUT2D eigenvalue weighted by Gasteiger charge is -2.34. The van der Waals surface area contributed by atoms with E-state index >= 15 is 0 Å². The van der Waals surface area contributed by atoms with Crippen LogP contribution in [0.2, 0.25) is 10.2 Å². The van der Waals surface area contributed by atoms with Crippen molar-refractivity contribution in [1.82, 2.24) is 15.1 Å². The van der Waals surface area contributed by atoms with Crippen LogP contribution >= 0.6 is 23.2 Å². The van der Waals surface area contributed by atoms with Crippen molar-refractivity contribution in [2.45, 2.75) is 32.2 Å².